The number of rotatable bonds is 6. The topological polar surface area (TPSA) is 12.4 Å². The molecule has 0 amide bonds. The maximum atomic E-state index is 13.0. The fourth-order valence-corrected chi connectivity index (χ4v) is 4.80. The van der Waals surface area contributed by atoms with Crippen LogP contribution in [0.1, 0.15) is 32.1 Å². The van der Waals surface area contributed by atoms with Crippen molar-refractivity contribution in [1.29, 1.82) is 0 Å². The van der Waals surface area contributed by atoms with E-state index in [1.165, 1.54) is 44.2 Å². The van der Waals surface area contributed by atoms with Crippen LogP contribution in [0.3, 0.4) is 0 Å². The van der Waals surface area contributed by atoms with Crippen molar-refractivity contribution < 1.29 is 4.39 Å². The molecule has 3 rings (SSSR count). The Kier molecular flexibility index (Phi) is 7.84. The predicted octanol–water partition coefficient (Wildman–Crippen LogP) is 7.48. The molecular formula is C22H24FNS2. The number of nitrogens with zero attached hydrogens (tertiary/aromatic N) is 1. The van der Waals surface area contributed by atoms with Gasteiger partial charge in [-0.25, -0.2) is 9.38 Å². The average molecular weight is 386 g/mol. The Bertz CT molecular complexity index is 720. The Labute approximate surface area is 164 Å². The lowest BCUT2D eigenvalue weighted by atomic mass is 9.91. The molecule has 1 saturated carbocycles. The zero-order valence-corrected chi connectivity index (χ0v) is 16.4. The van der Waals surface area contributed by atoms with Crippen LogP contribution in [-0.4, -0.2) is 10.8 Å². The van der Waals surface area contributed by atoms with Crippen LogP contribution in [0.25, 0.3) is 0 Å². The van der Waals surface area contributed by atoms with Crippen LogP contribution in [0.15, 0.2) is 76.0 Å². The standard InChI is InChI=1S/C22H24FNS2/c23-19-11-13-21(14-12-19)25-16-15-22(24-20-9-5-2-6-10-20)26-17-18-7-3-1-4-8-18/h2,5-6,9-16,18H,1,3-4,7-8,17H2/b16-15+,24-22?. The van der Waals surface area contributed by atoms with Crippen LogP contribution in [0, 0.1) is 11.7 Å². The lowest BCUT2D eigenvalue weighted by Crippen LogP contribution is -2.09. The summed E-state index contributed by atoms with van der Waals surface area (Å²) >= 11 is 3.44. The van der Waals surface area contributed by atoms with Gasteiger partial charge in [-0.15, -0.1) is 11.8 Å². The van der Waals surface area contributed by atoms with Crippen molar-refractivity contribution in [3.05, 3.63) is 71.9 Å². The summed E-state index contributed by atoms with van der Waals surface area (Å²) in [5.74, 6) is 1.75. The second-order valence-corrected chi connectivity index (χ2v) is 8.49. The minimum atomic E-state index is -0.201. The highest BCUT2D eigenvalue weighted by molar-refractivity contribution is 8.14. The maximum Gasteiger partial charge on any atom is 0.123 e. The molecule has 1 nitrogen and oxygen atoms in total. The van der Waals surface area contributed by atoms with Crippen molar-refractivity contribution in [1.82, 2.24) is 0 Å². The molecule has 4 heteroatoms. The van der Waals surface area contributed by atoms with E-state index < -0.39 is 0 Å². The van der Waals surface area contributed by atoms with Gasteiger partial charge in [0.05, 0.1) is 10.7 Å². The molecule has 136 valence electrons. The number of halogens is 1. The summed E-state index contributed by atoms with van der Waals surface area (Å²) in [6.07, 6.45) is 8.90. The molecule has 0 aliphatic heterocycles. The average Bonchev–Trinajstić information content (AvgIpc) is 2.69. The van der Waals surface area contributed by atoms with Crippen LogP contribution < -0.4 is 0 Å². The minimum Gasteiger partial charge on any atom is -0.242 e. The highest BCUT2D eigenvalue weighted by Crippen LogP contribution is 2.28. The second kappa shape index (κ2) is 10.6. The lowest BCUT2D eigenvalue weighted by molar-refractivity contribution is 0.391. The van der Waals surface area contributed by atoms with E-state index in [1.807, 2.05) is 47.5 Å². The normalized spacial score (nSPS) is 16.3. The van der Waals surface area contributed by atoms with Gasteiger partial charge in [0.1, 0.15) is 5.82 Å². The Morgan fingerprint density at radius 2 is 1.73 bits per heavy atom. The van der Waals surface area contributed by atoms with Crippen molar-refractivity contribution in [2.75, 3.05) is 5.75 Å². The van der Waals surface area contributed by atoms with Crippen molar-refractivity contribution in [3.8, 4) is 0 Å². The Balaban J connectivity index is 1.64. The summed E-state index contributed by atoms with van der Waals surface area (Å²) in [6.45, 7) is 0. The van der Waals surface area contributed by atoms with Gasteiger partial charge in [-0.1, -0.05) is 49.2 Å². The molecule has 0 aromatic heterocycles. The van der Waals surface area contributed by atoms with Gasteiger partial charge in [-0.05, 0) is 66.6 Å². The van der Waals surface area contributed by atoms with E-state index in [-0.39, 0.29) is 5.82 Å². The second-order valence-electron chi connectivity index (χ2n) is 6.48. The fourth-order valence-electron chi connectivity index (χ4n) is 2.99. The fraction of sp³-hybridized carbons (Fsp3) is 0.318. The Morgan fingerprint density at radius 1 is 1.00 bits per heavy atom. The number of hydrogen-bond donors (Lipinski definition) is 0. The summed E-state index contributed by atoms with van der Waals surface area (Å²) in [5, 5.41) is 3.08. The molecule has 0 atom stereocenters. The van der Waals surface area contributed by atoms with Gasteiger partial charge in [-0.2, -0.15) is 0 Å². The van der Waals surface area contributed by atoms with Crippen molar-refractivity contribution in [3.63, 3.8) is 0 Å². The van der Waals surface area contributed by atoms with Crippen LogP contribution in [0.5, 0.6) is 0 Å². The molecule has 1 aliphatic carbocycles. The molecule has 1 aliphatic rings. The molecule has 2 aromatic carbocycles. The Morgan fingerprint density at radius 3 is 2.46 bits per heavy atom. The molecule has 2 aromatic rings. The molecule has 26 heavy (non-hydrogen) atoms. The third-order valence-electron chi connectivity index (χ3n) is 4.42. The first-order valence-electron chi connectivity index (χ1n) is 9.15. The number of benzene rings is 2. The van der Waals surface area contributed by atoms with Gasteiger partial charge in [0.15, 0.2) is 0 Å². The Hall–Kier alpha value is -1.52. The van der Waals surface area contributed by atoms with Gasteiger partial charge >= 0.3 is 0 Å². The van der Waals surface area contributed by atoms with Crippen molar-refractivity contribution >= 4 is 34.3 Å². The summed E-state index contributed by atoms with van der Waals surface area (Å²) in [6, 6.07) is 16.7. The first kappa shape index (κ1) is 19.2. The van der Waals surface area contributed by atoms with E-state index in [0.29, 0.717) is 0 Å². The van der Waals surface area contributed by atoms with E-state index >= 15 is 0 Å². The number of hydrogen-bond acceptors (Lipinski definition) is 3. The molecule has 0 radical (unpaired) electrons. The highest BCUT2D eigenvalue weighted by Gasteiger charge is 2.14. The molecule has 1 fully saturated rings. The third kappa shape index (κ3) is 6.65. The number of para-hydroxylation sites is 1. The summed E-state index contributed by atoms with van der Waals surface area (Å²) in [7, 11) is 0. The maximum absolute atomic E-state index is 13.0. The molecule has 0 N–H and O–H groups in total. The minimum absolute atomic E-state index is 0.201. The van der Waals surface area contributed by atoms with Gasteiger partial charge in [0.25, 0.3) is 0 Å². The molecular weight excluding hydrogens is 361 g/mol. The summed E-state index contributed by atoms with van der Waals surface area (Å²) in [5.41, 5.74) is 0.982. The van der Waals surface area contributed by atoms with E-state index in [1.54, 1.807) is 23.9 Å². The highest BCUT2D eigenvalue weighted by atomic mass is 32.2. The van der Waals surface area contributed by atoms with Crippen LogP contribution in [0.2, 0.25) is 0 Å². The monoisotopic (exact) mass is 385 g/mol. The zero-order valence-electron chi connectivity index (χ0n) is 14.8. The zero-order chi connectivity index (χ0) is 18.0. The summed E-state index contributed by atoms with van der Waals surface area (Å²) < 4.78 is 13.0. The van der Waals surface area contributed by atoms with E-state index in [2.05, 4.69) is 6.08 Å². The molecule has 0 spiro atoms. The SMILES string of the molecule is Fc1ccc(S/C=C/C(=Nc2ccccc2)SCC2CCCCC2)cc1. The van der Waals surface area contributed by atoms with Crippen molar-refractivity contribution in [2.24, 2.45) is 10.9 Å². The van der Waals surface area contributed by atoms with Gasteiger partial charge in [-0.3, -0.25) is 0 Å². The van der Waals surface area contributed by atoms with Gasteiger partial charge in [0, 0.05) is 10.6 Å². The quantitative estimate of drug-likeness (QED) is 0.290. The smallest absolute Gasteiger partial charge is 0.123 e. The van der Waals surface area contributed by atoms with Gasteiger partial charge < -0.3 is 0 Å². The number of aliphatic imine (C=N–C) groups is 1. The third-order valence-corrected chi connectivity index (χ3v) is 6.39. The van der Waals surface area contributed by atoms with E-state index in [4.69, 9.17) is 4.99 Å². The first-order chi connectivity index (χ1) is 12.8. The van der Waals surface area contributed by atoms with Gasteiger partial charge in [0.2, 0.25) is 0 Å². The van der Waals surface area contributed by atoms with E-state index in [0.717, 1.165) is 27.3 Å². The van der Waals surface area contributed by atoms with Crippen molar-refractivity contribution in [2.45, 2.75) is 37.0 Å². The predicted molar refractivity (Wildman–Crippen MR) is 114 cm³/mol. The lowest BCUT2D eigenvalue weighted by Gasteiger charge is -2.20. The molecule has 0 unspecified atom stereocenters. The number of thioether (sulfide) groups is 2. The molecule has 0 saturated heterocycles. The molecule has 0 bridgehead atoms. The molecule has 0 heterocycles. The van der Waals surface area contributed by atoms with Crippen LogP contribution in [0.4, 0.5) is 10.1 Å². The summed E-state index contributed by atoms with van der Waals surface area (Å²) in [4.78, 5) is 5.83. The van der Waals surface area contributed by atoms with Crippen LogP contribution >= 0.6 is 23.5 Å². The van der Waals surface area contributed by atoms with Crippen LogP contribution in [-0.2, 0) is 0 Å². The first-order valence-corrected chi connectivity index (χ1v) is 11.0. The van der Waals surface area contributed by atoms with E-state index in [9.17, 15) is 4.39 Å². The largest absolute Gasteiger partial charge is 0.242 e.